The van der Waals surface area contributed by atoms with Gasteiger partial charge in [0.2, 0.25) is 0 Å². The fraction of sp³-hybridized carbons (Fsp3) is 0.600. The van der Waals surface area contributed by atoms with E-state index in [0.717, 1.165) is 19.2 Å². The van der Waals surface area contributed by atoms with Gasteiger partial charge in [-0.15, -0.1) is 0 Å². The zero-order chi connectivity index (χ0) is 13.0. The molecule has 0 bridgehead atoms. The quantitative estimate of drug-likeness (QED) is 0.745. The summed E-state index contributed by atoms with van der Waals surface area (Å²) < 4.78 is 12.1. The van der Waals surface area contributed by atoms with Gasteiger partial charge >= 0.3 is 7.12 Å². The summed E-state index contributed by atoms with van der Waals surface area (Å²) in [4.78, 5) is 0. The molecule has 0 aliphatic carbocycles. The lowest BCUT2D eigenvalue weighted by atomic mass is 9.78. The molecule has 1 fully saturated rings. The van der Waals surface area contributed by atoms with Crippen LogP contribution >= 0.6 is 0 Å². The van der Waals surface area contributed by atoms with Crippen LogP contribution in [0.1, 0.15) is 45.3 Å². The van der Waals surface area contributed by atoms with Crippen molar-refractivity contribution >= 4 is 7.12 Å². The predicted molar refractivity (Wildman–Crippen MR) is 75.4 cm³/mol. The molecule has 0 radical (unpaired) electrons. The largest absolute Gasteiger partial charge is 0.457 e. The van der Waals surface area contributed by atoms with E-state index in [1.165, 1.54) is 5.56 Å². The molecule has 0 amide bonds. The van der Waals surface area contributed by atoms with Crippen LogP contribution in [0.2, 0.25) is 6.32 Å². The van der Waals surface area contributed by atoms with E-state index in [1.54, 1.807) is 0 Å². The lowest BCUT2D eigenvalue weighted by molar-refractivity contribution is -0.0373. The SMILES string of the molecule is CCCC1OB(CC)OC(c2ccccc2)C1C. The van der Waals surface area contributed by atoms with Crippen molar-refractivity contribution in [1.82, 2.24) is 0 Å². The average molecular weight is 246 g/mol. The zero-order valence-corrected chi connectivity index (χ0v) is 11.6. The Bertz CT molecular complexity index is 355. The molecule has 0 saturated carbocycles. The highest BCUT2D eigenvalue weighted by atomic mass is 16.6. The van der Waals surface area contributed by atoms with Gasteiger partial charge in [-0.25, -0.2) is 0 Å². The van der Waals surface area contributed by atoms with Crippen LogP contribution in [-0.4, -0.2) is 13.2 Å². The Labute approximate surface area is 111 Å². The van der Waals surface area contributed by atoms with E-state index in [1.807, 2.05) is 6.07 Å². The minimum atomic E-state index is -0.0528. The molecular weight excluding hydrogens is 223 g/mol. The normalized spacial score (nSPS) is 28.4. The van der Waals surface area contributed by atoms with Crippen LogP contribution < -0.4 is 0 Å². The van der Waals surface area contributed by atoms with Crippen molar-refractivity contribution in [1.29, 1.82) is 0 Å². The Morgan fingerprint density at radius 2 is 1.83 bits per heavy atom. The van der Waals surface area contributed by atoms with Gasteiger partial charge in [0.25, 0.3) is 0 Å². The van der Waals surface area contributed by atoms with E-state index in [-0.39, 0.29) is 13.2 Å². The number of hydrogen-bond donors (Lipinski definition) is 0. The van der Waals surface area contributed by atoms with Gasteiger partial charge in [-0.05, 0) is 18.3 Å². The van der Waals surface area contributed by atoms with E-state index < -0.39 is 0 Å². The molecule has 98 valence electrons. The summed E-state index contributed by atoms with van der Waals surface area (Å²) >= 11 is 0. The third-order valence-electron chi connectivity index (χ3n) is 3.72. The van der Waals surface area contributed by atoms with Gasteiger partial charge in [-0.1, -0.05) is 57.5 Å². The first kappa shape index (κ1) is 13.6. The van der Waals surface area contributed by atoms with Crippen LogP contribution in [0.5, 0.6) is 0 Å². The third kappa shape index (κ3) is 2.96. The van der Waals surface area contributed by atoms with Crippen LogP contribution in [0.15, 0.2) is 30.3 Å². The molecule has 1 heterocycles. The molecule has 3 atom stereocenters. The van der Waals surface area contributed by atoms with Crippen molar-refractivity contribution in [2.45, 2.75) is 52.1 Å². The smallest absolute Gasteiger partial charge is 0.408 e. The maximum atomic E-state index is 6.09. The molecule has 2 rings (SSSR count). The standard InChI is InChI=1S/C15H23BO2/c1-4-9-14-12(3)15(18-16(5-2)17-14)13-10-7-6-8-11-13/h6-8,10-12,14-15H,4-5,9H2,1-3H3. The highest BCUT2D eigenvalue weighted by molar-refractivity contribution is 6.44. The molecule has 1 aliphatic heterocycles. The van der Waals surface area contributed by atoms with Crippen molar-refractivity contribution < 1.29 is 9.31 Å². The van der Waals surface area contributed by atoms with Crippen molar-refractivity contribution in [3.05, 3.63) is 35.9 Å². The van der Waals surface area contributed by atoms with Crippen molar-refractivity contribution in [3.63, 3.8) is 0 Å². The summed E-state index contributed by atoms with van der Waals surface area (Å²) in [5, 5.41) is 0. The summed E-state index contributed by atoms with van der Waals surface area (Å²) in [6.07, 6.45) is 3.67. The fourth-order valence-corrected chi connectivity index (χ4v) is 2.67. The Hall–Kier alpha value is -0.795. The Kier molecular flexibility index (Phi) is 4.84. The first-order valence-corrected chi connectivity index (χ1v) is 7.12. The Morgan fingerprint density at radius 1 is 1.11 bits per heavy atom. The second-order valence-corrected chi connectivity index (χ2v) is 5.13. The summed E-state index contributed by atoms with van der Waals surface area (Å²) in [5.41, 5.74) is 1.27. The molecule has 3 heteroatoms. The van der Waals surface area contributed by atoms with E-state index in [4.69, 9.17) is 9.31 Å². The molecule has 18 heavy (non-hydrogen) atoms. The molecule has 1 aromatic rings. The number of hydrogen-bond acceptors (Lipinski definition) is 2. The van der Waals surface area contributed by atoms with Crippen LogP contribution in [0, 0.1) is 5.92 Å². The first-order valence-electron chi connectivity index (χ1n) is 7.12. The van der Waals surface area contributed by atoms with Crippen molar-refractivity contribution in [2.24, 2.45) is 5.92 Å². The average Bonchev–Trinajstić information content (AvgIpc) is 2.42. The maximum Gasteiger partial charge on any atom is 0.457 e. The lowest BCUT2D eigenvalue weighted by Crippen LogP contribution is -2.43. The van der Waals surface area contributed by atoms with Gasteiger partial charge in [-0.3, -0.25) is 0 Å². The highest BCUT2D eigenvalue weighted by Gasteiger charge is 2.38. The van der Waals surface area contributed by atoms with Crippen LogP contribution in [0.25, 0.3) is 0 Å². The van der Waals surface area contributed by atoms with E-state index in [0.29, 0.717) is 12.0 Å². The predicted octanol–water partition coefficient (Wildman–Crippen LogP) is 4.09. The van der Waals surface area contributed by atoms with Gasteiger partial charge in [0.1, 0.15) is 0 Å². The van der Waals surface area contributed by atoms with E-state index in [2.05, 4.69) is 45.0 Å². The zero-order valence-electron chi connectivity index (χ0n) is 11.6. The van der Waals surface area contributed by atoms with E-state index >= 15 is 0 Å². The molecule has 1 aromatic carbocycles. The molecule has 3 unspecified atom stereocenters. The molecule has 1 saturated heterocycles. The fourth-order valence-electron chi connectivity index (χ4n) is 2.67. The minimum absolute atomic E-state index is 0.0528. The Morgan fingerprint density at radius 3 is 2.44 bits per heavy atom. The van der Waals surface area contributed by atoms with E-state index in [9.17, 15) is 0 Å². The third-order valence-corrected chi connectivity index (χ3v) is 3.72. The summed E-state index contributed by atoms with van der Waals surface area (Å²) in [7, 11) is -0.0528. The second-order valence-electron chi connectivity index (χ2n) is 5.13. The number of rotatable bonds is 4. The molecule has 1 aliphatic rings. The van der Waals surface area contributed by atoms with Crippen LogP contribution in [0.4, 0.5) is 0 Å². The van der Waals surface area contributed by atoms with Gasteiger partial charge in [0, 0.05) is 12.0 Å². The molecular formula is C15H23BO2. The van der Waals surface area contributed by atoms with Gasteiger partial charge in [0.15, 0.2) is 0 Å². The van der Waals surface area contributed by atoms with Crippen LogP contribution in [-0.2, 0) is 9.31 Å². The summed E-state index contributed by atoms with van der Waals surface area (Å²) in [6.45, 7) is 6.57. The summed E-state index contributed by atoms with van der Waals surface area (Å²) in [6, 6.07) is 10.5. The molecule has 0 N–H and O–H groups in total. The topological polar surface area (TPSA) is 18.5 Å². The highest BCUT2D eigenvalue weighted by Crippen LogP contribution is 2.36. The van der Waals surface area contributed by atoms with Gasteiger partial charge in [-0.2, -0.15) is 0 Å². The molecule has 0 aromatic heterocycles. The second kappa shape index (κ2) is 6.39. The monoisotopic (exact) mass is 246 g/mol. The van der Waals surface area contributed by atoms with Gasteiger partial charge < -0.3 is 9.31 Å². The maximum absolute atomic E-state index is 6.09. The van der Waals surface area contributed by atoms with Crippen molar-refractivity contribution in [2.75, 3.05) is 0 Å². The lowest BCUT2D eigenvalue weighted by Gasteiger charge is -2.40. The van der Waals surface area contributed by atoms with Gasteiger partial charge in [0.05, 0.1) is 6.10 Å². The minimum Gasteiger partial charge on any atom is -0.408 e. The molecule has 0 spiro atoms. The first-order chi connectivity index (χ1) is 8.76. The van der Waals surface area contributed by atoms with Crippen LogP contribution in [0.3, 0.4) is 0 Å². The summed E-state index contributed by atoms with van der Waals surface area (Å²) in [5.74, 6) is 0.412. The number of benzene rings is 1. The van der Waals surface area contributed by atoms with Crippen molar-refractivity contribution in [3.8, 4) is 0 Å². The Balaban J connectivity index is 2.17. The molecule has 2 nitrogen and oxygen atoms in total.